The van der Waals surface area contributed by atoms with Crippen LogP contribution in [0, 0.1) is 0 Å². The van der Waals surface area contributed by atoms with Crippen molar-refractivity contribution in [3.05, 3.63) is 72.8 Å². The Bertz CT molecular complexity index is 1130. The highest BCUT2D eigenvalue weighted by Gasteiger charge is 2.21. The molecule has 0 radical (unpaired) electrons. The van der Waals surface area contributed by atoms with Crippen LogP contribution in [0.25, 0.3) is 32.7 Å². The van der Waals surface area contributed by atoms with Crippen LogP contribution >= 0.6 is 0 Å². The summed E-state index contributed by atoms with van der Waals surface area (Å²) in [5, 5.41) is 15.6. The highest BCUT2D eigenvalue weighted by Crippen LogP contribution is 2.45. The molecule has 1 heterocycles. The smallest absolute Gasteiger partial charge is 0.124 e. The van der Waals surface area contributed by atoms with E-state index in [1.165, 1.54) is 35.7 Å². The van der Waals surface area contributed by atoms with E-state index in [0.717, 1.165) is 35.0 Å². The van der Waals surface area contributed by atoms with E-state index in [0.29, 0.717) is 5.75 Å². The first-order valence-electron chi connectivity index (χ1n) is 9.81. The Morgan fingerprint density at radius 2 is 1.19 bits per heavy atom. The number of anilines is 1. The molecule has 1 saturated heterocycles. The number of aromatic hydroxyl groups is 1. The molecule has 0 spiro atoms. The summed E-state index contributed by atoms with van der Waals surface area (Å²) >= 11 is 0. The first-order chi connectivity index (χ1) is 13.3. The van der Waals surface area contributed by atoms with Gasteiger partial charge in [0.15, 0.2) is 0 Å². The zero-order valence-corrected chi connectivity index (χ0v) is 15.4. The highest BCUT2D eigenvalue weighted by atomic mass is 16.3. The van der Waals surface area contributed by atoms with Gasteiger partial charge in [-0.1, -0.05) is 60.7 Å². The van der Waals surface area contributed by atoms with Crippen LogP contribution in [-0.4, -0.2) is 18.2 Å². The lowest BCUT2D eigenvalue weighted by Crippen LogP contribution is -2.29. The van der Waals surface area contributed by atoms with Gasteiger partial charge < -0.3 is 10.0 Å². The van der Waals surface area contributed by atoms with Crippen molar-refractivity contribution < 1.29 is 5.11 Å². The monoisotopic (exact) mass is 353 g/mol. The number of piperidine rings is 1. The van der Waals surface area contributed by atoms with Crippen LogP contribution in [0.4, 0.5) is 5.69 Å². The molecule has 2 nitrogen and oxygen atoms in total. The Morgan fingerprint density at radius 3 is 1.89 bits per heavy atom. The molecule has 134 valence electrons. The summed E-state index contributed by atoms with van der Waals surface area (Å²) in [6.45, 7) is 2.16. The van der Waals surface area contributed by atoms with E-state index < -0.39 is 0 Å². The Balaban J connectivity index is 1.88. The molecule has 5 rings (SSSR count). The third-order valence-electron chi connectivity index (χ3n) is 5.76. The van der Waals surface area contributed by atoms with Crippen LogP contribution in [0.15, 0.2) is 72.8 Å². The Labute approximate surface area is 159 Å². The molecule has 0 atom stereocenters. The van der Waals surface area contributed by atoms with Gasteiger partial charge >= 0.3 is 0 Å². The van der Waals surface area contributed by atoms with Crippen molar-refractivity contribution in [1.82, 2.24) is 0 Å². The van der Waals surface area contributed by atoms with Gasteiger partial charge in [0.1, 0.15) is 5.75 Å². The lowest BCUT2D eigenvalue weighted by molar-refractivity contribution is 0.478. The first-order valence-corrected chi connectivity index (χ1v) is 9.81. The van der Waals surface area contributed by atoms with Crippen LogP contribution < -0.4 is 4.90 Å². The highest BCUT2D eigenvalue weighted by molar-refractivity contribution is 6.11. The molecular weight excluding hydrogens is 330 g/mol. The zero-order chi connectivity index (χ0) is 18.2. The molecule has 4 aromatic rings. The van der Waals surface area contributed by atoms with Gasteiger partial charge in [-0.2, -0.15) is 0 Å². The molecule has 1 aliphatic rings. The lowest BCUT2D eigenvalue weighted by Gasteiger charge is -2.31. The number of phenols is 1. The van der Waals surface area contributed by atoms with Crippen LogP contribution in [0.2, 0.25) is 0 Å². The van der Waals surface area contributed by atoms with E-state index in [9.17, 15) is 5.11 Å². The Kier molecular flexibility index (Phi) is 3.97. The van der Waals surface area contributed by atoms with Gasteiger partial charge in [-0.05, 0) is 52.9 Å². The molecule has 1 fully saturated rings. The fraction of sp³-hybridized carbons (Fsp3) is 0.200. The van der Waals surface area contributed by atoms with Gasteiger partial charge in [0.2, 0.25) is 0 Å². The van der Waals surface area contributed by atoms with Crippen LogP contribution in [0.5, 0.6) is 5.75 Å². The van der Waals surface area contributed by atoms with Crippen molar-refractivity contribution in [1.29, 1.82) is 0 Å². The molecule has 0 amide bonds. The lowest BCUT2D eigenvalue weighted by atomic mass is 9.91. The van der Waals surface area contributed by atoms with Crippen molar-refractivity contribution in [3.8, 4) is 16.9 Å². The molecule has 27 heavy (non-hydrogen) atoms. The SMILES string of the molecule is Oc1ccc2ccccc2c1-c1c(N2CCCCC2)ccc2ccccc12. The molecule has 1 aliphatic heterocycles. The van der Waals surface area contributed by atoms with E-state index in [2.05, 4.69) is 65.6 Å². The van der Waals surface area contributed by atoms with Crippen molar-refractivity contribution in [3.63, 3.8) is 0 Å². The van der Waals surface area contributed by atoms with Crippen LogP contribution in [-0.2, 0) is 0 Å². The van der Waals surface area contributed by atoms with Gasteiger partial charge in [-0.15, -0.1) is 0 Å². The van der Waals surface area contributed by atoms with Crippen molar-refractivity contribution in [2.24, 2.45) is 0 Å². The Hall–Kier alpha value is -3.00. The van der Waals surface area contributed by atoms with E-state index >= 15 is 0 Å². The molecule has 0 bridgehead atoms. The molecule has 4 aromatic carbocycles. The quantitative estimate of drug-likeness (QED) is 0.453. The minimum Gasteiger partial charge on any atom is -0.507 e. The summed E-state index contributed by atoms with van der Waals surface area (Å²) in [5.41, 5.74) is 3.34. The van der Waals surface area contributed by atoms with Gasteiger partial charge in [0.25, 0.3) is 0 Å². The van der Waals surface area contributed by atoms with Gasteiger partial charge in [-0.3, -0.25) is 0 Å². The van der Waals surface area contributed by atoms with Gasteiger partial charge in [-0.25, -0.2) is 0 Å². The van der Waals surface area contributed by atoms with E-state index in [1.54, 1.807) is 0 Å². The topological polar surface area (TPSA) is 23.5 Å². The van der Waals surface area contributed by atoms with Crippen molar-refractivity contribution >= 4 is 27.2 Å². The number of hydrogen-bond acceptors (Lipinski definition) is 2. The summed E-state index contributed by atoms with van der Waals surface area (Å²) in [6.07, 6.45) is 3.76. The number of phenolic OH excluding ortho intramolecular Hbond substituents is 1. The van der Waals surface area contributed by atoms with Crippen molar-refractivity contribution in [2.75, 3.05) is 18.0 Å². The minimum absolute atomic E-state index is 0.350. The Morgan fingerprint density at radius 1 is 0.593 bits per heavy atom. The third-order valence-corrected chi connectivity index (χ3v) is 5.76. The number of rotatable bonds is 2. The largest absolute Gasteiger partial charge is 0.507 e. The number of fused-ring (bicyclic) bond motifs is 2. The molecule has 2 heteroatoms. The first kappa shape index (κ1) is 16.2. The standard InChI is InChI=1S/C25H23NO/c27-23-15-13-19-9-3-5-11-21(19)25(23)24-20-10-4-2-8-18(20)12-14-22(24)26-16-6-1-7-17-26/h2-5,8-15,27H,1,6-7,16-17H2. The summed E-state index contributed by atoms with van der Waals surface area (Å²) in [5.74, 6) is 0.350. The maximum Gasteiger partial charge on any atom is 0.124 e. The van der Waals surface area contributed by atoms with Crippen molar-refractivity contribution in [2.45, 2.75) is 19.3 Å². The summed E-state index contributed by atoms with van der Waals surface area (Å²) in [6, 6.07) is 25.1. The molecular formula is C25H23NO. The predicted molar refractivity (Wildman–Crippen MR) is 115 cm³/mol. The second-order valence-electron chi connectivity index (χ2n) is 7.41. The fourth-order valence-corrected chi connectivity index (χ4v) is 4.44. The summed E-state index contributed by atoms with van der Waals surface area (Å²) < 4.78 is 0. The maximum absolute atomic E-state index is 10.9. The van der Waals surface area contributed by atoms with Gasteiger partial charge in [0.05, 0.1) is 0 Å². The second kappa shape index (κ2) is 6.62. The number of hydrogen-bond donors (Lipinski definition) is 1. The minimum atomic E-state index is 0.350. The third kappa shape index (κ3) is 2.73. The average molecular weight is 353 g/mol. The fourth-order valence-electron chi connectivity index (χ4n) is 4.44. The zero-order valence-electron chi connectivity index (χ0n) is 15.4. The van der Waals surface area contributed by atoms with E-state index in [-0.39, 0.29) is 0 Å². The van der Waals surface area contributed by atoms with Crippen LogP contribution in [0.1, 0.15) is 19.3 Å². The molecule has 0 saturated carbocycles. The normalized spacial score (nSPS) is 14.7. The van der Waals surface area contributed by atoms with Gasteiger partial charge in [0, 0.05) is 29.9 Å². The van der Waals surface area contributed by atoms with E-state index in [4.69, 9.17) is 0 Å². The van der Waals surface area contributed by atoms with E-state index in [1.807, 2.05) is 12.1 Å². The molecule has 0 aliphatic carbocycles. The molecule has 0 aromatic heterocycles. The summed E-state index contributed by atoms with van der Waals surface area (Å²) in [4.78, 5) is 2.49. The van der Waals surface area contributed by atoms with Crippen LogP contribution in [0.3, 0.4) is 0 Å². The molecule has 1 N–H and O–H groups in total. The number of nitrogens with zero attached hydrogens (tertiary/aromatic N) is 1. The second-order valence-corrected chi connectivity index (χ2v) is 7.41. The predicted octanol–water partition coefficient (Wildman–Crippen LogP) is 6.36. The average Bonchev–Trinajstić information content (AvgIpc) is 2.74. The summed E-state index contributed by atoms with van der Waals surface area (Å²) in [7, 11) is 0. The molecule has 0 unspecified atom stereocenters. The number of benzene rings is 4. The maximum atomic E-state index is 10.9.